The summed E-state index contributed by atoms with van der Waals surface area (Å²) in [6.07, 6.45) is 0. The molecule has 8 heteroatoms. The van der Waals surface area contributed by atoms with Gasteiger partial charge in [0.25, 0.3) is 5.91 Å². The maximum atomic E-state index is 12.4. The van der Waals surface area contributed by atoms with Crippen molar-refractivity contribution in [1.29, 1.82) is 0 Å². The SMILES string of the molecule is O=C(Nc1scc(-c2ccc(Cl)cc2Cl)c1C(=O)O)c1ccc(Br)cc1. The number of benzene rings is 2. The van der Waals surface area contributed by atoms with Crippen molar-refractivity contribution in [2.24, 2.45) is 0 Å². The first kappa shape index (κ1) is 18.9. The molecule has 0 aliphatic carbocycles. The van der Waals surface area contributed by atoms with Gasteiger partial charge in [0.15, 0.2) is 0 Å². The predicted molar refractivity (Wildman–Crippen MR) is 109 cm³/mol. The van der Waals surface area contributed by atoms with E-state index in [4.69, 9.17) is 23.2 Å². The standard InChI is InChI=1S/C18H10BrCl2NO3S/c19-10-3-1-9(2-4-10)16(23)22-17-15(18(24)25)13(8-26-17)12-6-5-11(20)7-14(12)21/h1-8H,(H,22,23)(H,24,25). The van der Waals surface area contributed by atoms with Crippen molar-refractivity contribution in [2.75, 3.05) is 5.32 Å². The van der Waals surface area contributed by atoms with Gasteiger partial charge in [0.2, 0.25) is 0 Å². The number of halogens is 3. The number of amides is 1. The van der Waals surface area contributed by atoms with Crippen LogP contribution in [-0.4, -0.2) is 17.0 Å². The number of carboxylic acid groups (broad SMARTS) is 1. The molecule has 1 heterocycles. The fourth-order valence-corrected chi connectivity index (χ4v) is 4.07. The average Bonchev–Trinajstić information content (AvgIpc) is 2.99. The summed E-state index contributed by atoms with van der Waals surface area (Å²) in [7, 11) is 0. The zero-order valence-electron chi connectivity index (χ0n) is 12.9. The molecule has 0 radical (unpaired) electrons. The van der Waals surface area contributed by atoms with Gasteiger partial charge in [-0.05, 0) is 36.4 Å². The van der Waals surface area contributed by atoms with Gasteiger partial charge in [-0.25, -0.2) is 4.79 Å². The topological polar surface area (TPSA) is 66.4 Å². The van der Waals surface area contributed by atoms with Crippen molar-refractivity contribution >= 4 is 67.3 Å². The minimum absolute atomic E-state index is 0.00955. The van der Waals surface area contributed by atoms with E-state index in [0.29, 0.717) is 26.7 Å². The summed E-state index contributed by atoms with van der Waals surface area (Å²) in [5, 5.41) is 15.0. The Bertz CT molecular complexity index is 1000. The minimum Gasteiger partial charge on any atom is -0.478 e. The Labute approximate surface area is 171 Å². The van der Waals surface area contributed by atoms with E-state index in [1.165, 1.54) is 0 Å². The lowest BCUT2D eigenvalue weighted by Crippen LogP contribution is -2.13. The van der Waals surface area contributed by atoms with E-state index < -0.39 is 11.9 Å². The summed E-state index contributed by atoms with van der Waals surface area (Å²) < 4.78 is 0.844. The molecule has 2 aromatic carbocycles. The zero-order chi connectivity index (χ0) is 18.8. The first-order valence-electron chi connectivity index (χ1n) is 7.24. The Morgan fingerprint density at radius 1 is 1.04 bits per heavy atom. The third-order valence-corrected chi connectivity index (χ3v) is 5.53. The second-order valence-corrected chi connectivity index (χ2v) is 7.88. The maximum absolute atomic E-state index is 12.4. The van der Waals surface area contributed by atoms with E-state index >= 15 is 0 Å². The largest absolute Gasteiger partial charge is 0.478 e. The minimum atomic E-state index is -1.15. The lowest BCUT2D eigenvalue weighted by molar-refractivity contribution is 0.0699. The molecule has 4 nitrogen and oxygen atoms in total. The second kappa shape index (κ2) is 7.80. The van der Waals surface area contributed by atoms with E-state index in [0.717, 1.165) is 15.8 Å². The van der Waals surface area contributed by atoms with Crippen LogP contribution in [0.4, 0.5) is 5.00 Å². The van der Waals surface area contributed by atoms with Crippen LogP contribution in [-0.2, 0) is 0 Å². The normalized spacial score (nSPS) is 10.6. The highest BCUT2D eigenvalue weighted by atomic mass is 79.9. The summed E-state index contributed by atoms with van der Waals surface area (Å²) in [5.41, 5.74) is 1.37. The number of aromatic carboxylic acids is 1. The Balaban J connectivity index is 1.98. The van der Waals surface area contributed by atoms with Crippen LogP contribution in [0, 0.1) is 0 Å². The van der Waals surface area contributed by atoms with Crippen molar-refractivity contribution in [3.63, 3.8) is 0 Å². The van der Waals surface area contributed by atoms with Crippen molar-refractivity contribution in [3.8, 4) is 11.1 Å². The molecule has 0 saturated heterocycles. The number of nitrogens with one attached hydrogen (secondary N) is 1. The highest BCUT2D eigenvalue weighted by Gasteiger charge is 2.22. The number of carbonyl (C=O) groups is 2. The molecular weight excluding hydrogens is 461 g/mol. The second-order valence-electron chi connectivity index (χ2n) is 5.24. The number of rotatable bonds is 4. The van der Waals surface area contributed by atoms with Crippen molar-refractivity contribution in [1.82, 2.24) is 0 Å². The Morgan fingerprint density at radius 2 is 1.73 bits per heavy atom. The van der Waals surface area contributed by atoms with Crippen LogP contribution in [0.3, 0.4) is 0 Å². The molecule has 0 fully saturated rings. The molecule has 1 amide bonds. The van der Waals surface area contributed by atoms with Gasteiger partial charge < -0.3 is 10.4 Å². The average molecular weight is 471 g/mol. The van der Waals surface area contributed by atoms with E-state index in [9.17, 15) is 14.7 Å². The molecule has 3 rings (SSSR count). The Kier molecular flexibility index (Phi) is 5.67. The molecule has 0 saturated carbocycles. The maximum Gasteiger partial charge on any atom is 0.339 e. The molecule has 0 bridgehead atoms. The fourth-order valence-electron chi connectivity index (χ4n) is 2.34. The number of anilines is 1. The fraction of sp³-hybridized carbons (Fsp3) is 0. The van der Waals surface area contributed by atoms with E-state index in [1.54, 1.807) is 47.8 Å². The Hall–Kier alpha value is -1.86. The summed E-state index contributed by atoms with van der Waals surface area (Å²) in [6, 6.07) is 11.6. The molecule has 1 aromatic heterocycles. The summed E-state index contributed by atoms with van der Waals surface area (Å²) in [6.45, 7) is 0. The van der Waals surface area contributed by atoms with Gasteiger partial charge in [0, 0.05) is 36.6 Å². The highest BCUT2D eigenvalue weighted by molar-refractivity contribution is 9.10. The van der Waals surface area contributed by atoms with Crippen LogP contribution in [0.2, 0.25) is 10.0 Å². The van der Waals surface area contributed by atoms with Gasteiger partial charge in [-0.2, -0.15) is 0 Å². The Morgan fingerprint density at radius 3 is 2.35 bits per heavy atom. The predicted octanol–water partition coefficient (Wildman–Crippen LogP) is 6.43. The van der Waals surface area contributed by atoms with Crippen molar-refractivity contribution in [3.05, 3.63) is 73.5 Å². The smallest absolute Gasteiger partial charge is 0.339 e. The van der Waals surface area contributed by atoms with Crippen LogP contribution in [0.1, 0.15) is 20.7 Å². The molecule has 2 N–H and O–H groups in total. The zero-order valence-corrected chi connectivity index (χ0v) is 16.8. The third-order valence-electron chi connectivity index (χ3n) is 3.56. The molecule has 0 atom stereocenters. The first-order chi connectivity index (χ1) is 12.4. The molecule has 132 valence electrons. The molecule has 26 heavy (non-hydrogen) atoms. The van der Waals surface area contributed by atoms with Crippen molar-refractivity contribution in [2.45, 2.75) is 0 Å². The monoisotopic (exact) mass is 469 g/mol. The van der Waals surface area contributed by atoms with Gasteiger partial charge in [-0.15, -0.1) is 11.3 Å². The van der Waals surface area contributed by atoms with Crippen LogP contribution >= 0.6 is 50.5 Å². The number of carboxylic acids is 1. The lowest BCUT2D eigenvalue weighted by atomic mass is 10.0. The molecule has 0 aliphatic heterocycles. The van der Waals surface area contributed by atoms with Gasteiger partial charge in [0.1, 0.15) is 10.6 Å². The number of thiophene rings is 1. The summed E-state index contributed by atoms with van der Waals surface area (Å²) >= 11 is 16.5. The van der Waals surface area contributed by atoms with Crippen LogP contribution < -0.4 is 5.32 Å². The molecule has 0 spiro atoms. The van der Waals surface area contributed by atoms with E-state index in [2.05, 4.69) is 21.2 Å². The quantitative estimate of drug-likeness (QED) is 0.461. The van der Waals surface area contributed by atoms with Crippen LogP contribution in [0.25, 0.3) is 11.1 Å². The molecule has 0 aliphatic rings. The lowest BCUT2D eigenvalue weighted by Gasteiger charge is -2.07. The van der Waals surface area contributed by atoms with E-state index in [1.807, 2.05) is 0 Å². The van der Waals surface area contributed by atoms with Crippen molar-refractivity contribution < 1.29 is 14.7 Å². The highest BCUT2D eigenvalue weighted by Crippen LogP contribution is 2.39. The first-order valence-corrected chi connectivity index (χ1v) is 9.67. The molecule has 3 aromatic rings. The van der Waals surface area contributed by atoms with Crippen LogP contribution in [0.15, 0.2) is 52.3 Å². The summed E-state index contributed by atoms with van der Waals surface area (Å²) in [5.74, 6) is -1.55. The molecule has 0 unspecified atom stereocenters. The van der Waals surface area contributed by atoms with Gasteiger partial charge in [-0.1, -0.05) is 45.2 Å². The van der Waals surface area contributed by atoms with Gasteiger partial charge in [-0.3, -0.25) is 4.79 Å². The third kappa shape index (κ3) is 3.94. The molecular formula is C18H10BrCl2NO3S. The van der Waals surface area contributed by atoms with E-state index in [-0.39, 0.29) is 10.6 Å². The summed E-state index contributed by atoms with van der Waals surface area (Å²) in [4.78, 5) is 24.2. The number of hydrogen-bond donors (Lipinski definition) is 2. The number of carbonyl (C=O) groups excluding carboxylic acids is 1. The van der Waals surface area contributed by atoms with Gasteiger partial charge in [0.05, 0.1) is 0 Å². The van der Waals surface area contributed by atoms with Gasteiger partial charge >= 0.3 is 5.97 Å². The number of hydrogen-bond acceptors (Lipinski definition) is 3. The van der Waals surface area contributed by atoms with Crippen LogP contribution in [0.5, 0.6) is 0 Å².